The van der Waals surface area contributed by atoms with Crippen molar-refractivity contribution in [1.82, 2.24) is 10.2 Å². The molecule has 1 aliphatic rings. The van der Waals surface area contributed by atoms with Gasteiger partial charge in [0.2, 0.25) is 0 Å². The molecule has 6 heteroatoms. The molecule has 26 heavy (non-hydrogen) atoms. The number of carbonyl (C=O) groups is 1. The summed E-state index contributed by atoms with van der Waals surface area (Å²) >= 11 is 9.44. The summed E-state index contributed by atoms with van der Waals surface area (Å²) in [5.74, 6) is 0.410. The van der Waals surface area contributed by atoms with Crippen LogP contribution >= 0.6 is 27.5 Å². The van der Waals surface area contributed by atoms with Crippen molar-refractivity contribution < 1.29 is 9.53 Å². The zero-order valence-electron chi connectivity index (χ0n) is 14.5. The molecule has 0 unspecified atom stereocenters. The van der Waals surface area contributed by atoms with Crippen LogP contribution in [0.25, 0.3) is 0 Å². The molecule has 0 saturated carbocycles. The number of likely N-dealkylation sites (tertiary alicyclic amines) is 1. The van der Waals surface area contributed by atoms with E-state index in [1.807, 2.05) is 12.1 Å². The van der Waals surface area contributed by atoms with E-state index in [-0.39, 0.29) is 18.6 Å². The topological polar surface area (TPSA) is 41.6 Å². The molecular weight excluding hydrogens is 416 g/mol. The van der Waals surface area contributed by atoms with E-state index in [4.69, 9.17) is 16.3 Å². The first-order valence-corrected chi connectivity index (χ1v) is 9.91. The highest BCUT2D eigenvalue weighted by molar-refractivity contribution is 9.10. The number of carbonyl (C=O) groups excluding carboxylic acids is 1. The van der Waals surface area contributed by atoms with E-state index in [0.717, 1.165) is 36.9 Å². The Balaban J connectivity index is 1.39. The van der Waals surface area contributed by atoms with Crippen molar-refractivity contribution in [3.05, 3.63) is 63.6 Å². The van der Waals surface area contributed by atoms with Gasteiger partial charge in [0, 0.05) is 30.1 Å². The number of piperidine rings is 1. The number of rotatable bonds is 6. The summed E-state index contributed by atoms with van der Waals surface area (Å²) < 4.78 is 6.40. The van der Waals surface area contributed by atoms with Gasteiger partial charge in [0.25, 0.3) is 5.91 Å². The smallest absolute Gasteiger partial charge is 0.258 e. The van der Waals surface area contributed by atoms with Crippen LogP contribution in [-0.2, 0) is 11.3 Å². The Bertz CT molecular complexity index is 734. The van der Waals surface area contributed by atoms with Gasteiger partial charge in [-0.3, -0.25) is 9.69 Å². The third-order valence-electron chi connectivity index (χ3n) is 4.45. The van der Waals surface area contributed by atoms with Crippen molar-refractivity contribution in [3.63, 3.8) is 0 Å². The molecule has 0 spiro atoms. The molecular formula is C20H22BrClN2O2. The second-order valence-electron chi connectivity index (χ2n) is 6.47. The van der Waals surface area contributed by atoms with E-state index in [0.29, 0.717) is 10.8 Å². The van der Waals surface area contributed by atoms with Crippen molar-refractivity contribution in [1.29, 1.82) is 0 Å². The lowest BCUT2D eigenvalue weighted by molar-refractivity contribution is -0.124. The number of ether oxygens (including phenoxy) is 1. The quantitative estimate of drug-likeness (QED) is 0.734. The first-order valence-electron chi connectivity index (χ1n) is 8.73. The highest BCUT2D eigenvalue weighted by Crippen LogP contribution is 2.27. The summed E-state index contributed by atoms with van der Waals surface area (Å²) in [6, 6.07) is 16.0. The fraction of sp³-hybridized carbons (Fsp3) is 0.350. The van der Waals surface area contributed by atoms with Crippen LogP contribution in [0.4, 0.5) is 0 Å². The maximum absolute atomic E-state index is 12.1. The Morgan fingerprint density at radius 2 is 1.92 bits per heavy atom. The monoisotopic (exact) mass is 436 g/mol. The molecule has 1 saturated heterocycles. The average molecular weight is 438 g/mol. The zero-order valence-corrected chi connectivity index (χ0v) is 16.8. The summed E-state index contributed by atoms with van der Waals surface area (Å²) in [4.78, 5) is 14.6. The molecule has 1 N–H and O–H groups in total. The van der Waals surface area contributed by atoms with Gasteiger partial charge < -0.3 is 10.1 Å². The van der Waals surface area contributed by atoms with Crippen LogP contribution in [0.2, 0.25) is 5.02 Å². The molecule has 4 nitrogen and oxygen atoms in total. The fourth-order valence-electron chi connectivity index (χ4n) is 3.08. The van der Waals surface area contributed by atoms with Crippen molar-refractivity contribution in [2.45, 2.75) is 25.4 Å². The molecule has 0 aromatic heterocycles. The van der Waals surface area contributed by atoms with Crippen LogP contribution in [-0.4, -0.2) is 36.5 Å². The first kappa shape index (κ1) is 19.2. The summed E-state index contributed by atoms with van der Waals surface area (Å²) in [6.45, 7) is 2.91. The van der Waals surface area contributed by atoms with Gasteiger partial charge in [-0.25, -0.2) is 0 Å². The van der Waals surface area contributed by atoms with E-state index in [2.05, 4.69) is 50.4 Å². The first-order chi connectivity index (χ1) is 12.6. The lowest BCUT2D eigenvalue weighted by Crippen LogP contribution is -2.45. The van der Waals surface area contributed by atoms with Crippen LogP contribution in [0.1, 0.15) is 18.4 Å². The molecule has 0 radical (unpaired) electrons. The molecule has 3 rings (SSSR count). The minimum absolute atomic E-state index is 0.0222. The van der Waals surface area contributed by atoms with Gasteiger partial charge in [0.1, 0.15) is 5.75 Å². The summed E-state index contributed by atoms with van der Waals surface area (Å²) in [5.41, 5.74) is 1.33. The van der Waals surface area contributed by atoms with E-state index >= 15 is 0 Å². The number of hydrogen-bond donors (Lipinski definition) is 1. The Morgan fingerprint density at radius 1 is 1.19 bits per heavy atom. The molecule has 138 valence electrons. The summed E-state index contributed by atoms with van der Waals surface area (Å²) in [5, 5.41) is 3.55. The van der Waals surface area contributed by atoms with Crippen LogP contribution in [0.15, 0.2) is 53.0 Å². The number of amides is 1. The van der Waals surface area contributed by atoms with Crippen LogP contribution in [0.3, 0.4) is 0 Å². The Kier molecular flexibility index (Phi) is 6.94. The Labute approximate surface area is 167 Å². The van der Waals surface area contributed by atoms with Crippen LogP contribution < -0.4 is 10.1 Å². The second-order valence-corrected chi connectivity index (χ2v) is 7.79. The van der Waals surface area contributed by atoms with Crippen LogP contribution in [0.5, 0.6) is 5.75 Å². The number of benzene rings is 2. The Hall–Kier alpha value is -1.56. The maximum Gasteiger partial charge on any atom is 0.258 e. The highest BCUT2D eigenvalue weighted by Gasteiger charge is 2.21. The second kappa shape index (κ2) is 9.40. The van der Waals surface area contributed by atoms with Crippen LogP contribution in [0, 0.1) is 0 Å². The predicted molar refractivity (Wildman–Crippen MR) is 108 cm³/mol. The number of nitrogens with zero attached hydrogens (tertiary/aromatic N) is 1. The number of nitrogens with one attached hydrogen (secondary N) is 1. The zero-order chi connectivity index (χ0) is 18.4. The van der Waals surface area contributed by atoms with Gasteiger partial charge >= 0.3 is 0 Å². The molecule has 2 aromatic carbocycles. The number of halogens is 2. The molecule has 1 amide bonds. The molecule has 2 aromatic rings. The van der Waals surface area contributed by atoms with E-state index < -0.39 is 0 Å². The normalized spacial score (nSPS) is 15.6. The highest BCUT2D eigenvalue weighted by atomic mass is 79.9. The van der Waals surface area contributed by atoms with Gasteiger partial charge in [-0.1, -0.05) is 57.9 Å². The molecule has 0 aliphatic carbocycles. The van der Waals surface area contributed by atoms with E-state index in [9.17, 15) is 4.79 Å². The lowest BCUT2D eigenvalue weighted by Gasteiger charge is -2.32. The predicted octanol–water partition coefficient (Wildman–Crippen LogP) is 4.26. The molecule has 1 fully saturated rings. The molecule has 1 heterocycles. The third kappa shape index (κ3) is 5.73. The van der Waals surface area contributed by atoms with Gasteiger partial charge in [-0.2, -0.15) is 0 Å². The molecule has 0 atom stereocenters. The number of hydrogen-bond acceptors (Lipinski definition) is 3. The van der Waals surface area contributed by atoms with E-state index in [1.54, 1.807) is 12.1 Å². The van der Waals surface area contributed by atoms with Crippen molar-refractivity contribution in [2.24, 2.45) is 0 Å². The van der Waals surface area contributed by atoms with E-state index in [1.165, 1.54) is 5.56 Å². The lowest BCUT2D eigenvalue weighted by atomic mass is 10.0. The summed E-state index contributed by atoms with van der Waals surface area (Å²) in [6.07, 6.45) is 1.91. The molecule has 0 bridgehead atoms. The third-order valence-corrected chi connectivity index (χ3v) is 5.24. The maximum atomic E-state index is 12.1. The average Bonchev–Trinajstić information content (AvgIpc) is 2.63. The van der Waals surface area contributed by atoms with Gasteiger partial charge in [0.15, 0.2) is 6.61 Å². The largest absolute Gasteiger partial charge is 0.482 e. The van der Waals surface area contributed by atoms with Crippen molar-refractivity contribution in [2.75, 3.05) is 19.7 Å². The van der Waals surface area contributed by atoms with Gasteiger partial charge in [-0.05, 0) is 36.6 Å². The van der Waals surface area contributed by atoms with Gasteiger partial charge in [-0.15, -0.1) is 0 Å². The van der Waals surface area contributed by atoms with Crippen molar-refractivity contribution >= 4 is 33.4 Å². The Morgan fingerprint density at radius 3 is 2.62 bits per heavy atom. The molecule has 1 aliphatic heterocycles. The fourth-order valence-corrected chi connectivity index (χ4v) is 3.81. The summed E-state index contributed by atoms with van der Waals surface area (Å²) in [7, 11) is 0. The minimum atomic E-state index is -0.106. The van der Waals surface area contributed by atoms with Crippen molar-refractivity contribution in [3.8, 4) is 5.75 Å². The van der Waals surface area contributed by atoms with Gasteiger partial charge in [0.05, 0.1) is 5.02 Å². The minimum Gasteiger partial charge on any atom is -0.482 e. The SMILES string of the molecule is O=C(COc1ccc(Br)cc1Cl)NC1CCN(Cc2ccccc2)CC1. The standard InChI is InChI=1S/C20H22BrClN2O2/c21-16-6-7-19(18(22)12-16)26-14-20(25)23-17-8-10-24(11-9-17)13-15-4-2-1-3-5-15/h1-7,12,17H,8-11,13-14H2,(H,23,25).